The van der Waals surface area contributed by atoms with Gasteiger partial charge in [0.1, 0.15) is 0 Å². The highest BCUT2D eigenvalue weighted by atomic mass is 14.8. The standard InChI is InChI=1S/C23H43N/c1-6-19(4,7-2)21(8-3)13-9-12-20(5,18-24)22-14-10-16-23(21,22)17-11-15-22/h6-18,24H2,1-5H3. The van der Waals surface area contributed by atoms with Gasteiger partial charge < -0.3 is 5.73 Å². The first kappa shape index (κ1) is 18.7. The zero-order chi connectivity index (χ0) is 17.7. The highest BCUT2D eigenvalue weighted by molar-refractivity contribution is 5.23. The minimum Gasteiger partial charge on any atom is -0.330 e. The van der Waals surface area contributed by atoms with Gasteiger partial charge in [0.15, 0.2) is 0 Å². The van der Waals surface area contributed by atoms with Gasteiger partial charge in [0.2, 0.25) is 0 Å². The average molecular weight is 334 g/mol. The summed E-state index contributed by atoms with van der Waals surface area (Å²) in [5, 5.41) is 0. The molecule has 0 aromatic rings. The van der Waals surface area contributed by atoms with Crippen LogP contribution in [0.4, 0.5) is 0 Å². The molecular weight excluding hydrogens is 290 g/mol. The van der Waals surface area contributed by atoms with Crippen LogP contribution in [-0.2, 0) is 0 Å². The Balaban J connectivity index is 2.26. The molecule has 3 fully saturated rings. The summed E-state index contributed by atoms with van der Waals surface area (Å²) in [6.07, 6.45) is 17.1. The van der Waals surface area contributed by atoms with Gasteiger partial charge in [-0.15, -0.1) is 0 Å². The molecule has 140 valence electrons. The molecule has 0 aliphatic heterocycles. The maximum Gasteiger partial charge on any atom is -0.00176 e. The molecule has 0 heterocycles. The Morgan fingerprint density at radius 1 is 0.792 bits per heavy atom. The van der Waals surface area contributed by atoms with Gasteiger partial charge in [-0.25, -0.2) is 0 Å². The van der Waals surface area contributed by atoms with Gasteiger partial charge in [0, 0.05) is 0 Å². The zero-order valence-electron chi connectivity index (χ0n) is 17.3. The molecule has 3 aliphatic rings. The number of hydrogen-bond acceptors (Lipinski definition) is 1. The second kappa shape index (κ2) is 6.00. The molecule has 0 bridgehead atoms. The first-order chi connectivity index (χ1) is 11.4. The summed E-state index contributed by atoms with van der Waals surface area (Å²) in [5.74, 6) is 0. The fourth-order valence-corrected chi connectivity index (χ4v) is 9.01. The lowest BCUT2D eigenvalue weighted by Crippen LogP contribution is -2.59. The van der Waals surface area contributed by atoms with Crippen molar-refractivity contribution in [2.45, 2.75) is 112 Å². The molecule has 0 aromatic heterocycles. The molecule has 2 atom stereocenters. The van der Waals surface area contributed by atoms with Gasteiger partial charge in [-0.2, -0.15) is 0 Å². The predicted molar refractivity (Wildman–Crippen MR) is 105 cm³/mol. The predicted octanol–water partition coefficient (Wildman–Crippen LogP) is 6.70. The van der Waals surface area contributed by atoms with E-state index in [0.29, 0.717) is 27.1 Å². The van der Waals surface area contributed by atoms with Crippen LogP contribution in [0, 0.1) is 27.1 Å². The Hall–Kier alpha value is -0.0400. The first-order valence-electron chi connectivity index (χ1n) is 11.1. The lowest BCUT2D eigenvalue weighted by atomic mass is 9.40. The summed E-state index contributed by atoms with van der Waals surface area (Å²) in [6, 6.07) is 0. The summed E-state index contributed by atoms with van der Waals surface area (Å²) in [5.41, 5.74) is 9.01. The Morgan fingerprint density at radius 2 is 1.29 bits per heavy atom. The van der Waals surface area contributed by atoms with E-state index in [1.807, 2.05) is 0 Å². The second-order valence-corrected chi connectivity index (χ2v) is 10.2. The maximum atomic E-state index is 6.51. The minimum absolute atomic E-state index is 0.374. The van der Waals surface area contributed by atoms with E-state index in [-0.39, 0.29) is 0 Å². The highest BCUT2D eigenvalue weighted by Gasteiger charge is 2.73. The van der Waals surface area contributed by atoms with Crippen LogP contribution in [0.5, 0.6) is 0 Å². The fourth-order valence-electron chi connectivity index (χ4n) is 9.01. The smallest absolute Gasteiger partial charge is 0.00176 e. The van der Waals surface area contributed by atoms with Crippen LogP contribution < -0.4 is 5.73 Å². The Labute approximate surface area is 151 Å². The van der Waals surface area contributed by atoms with Gasteiger partial charge in [-0.3, -0.25) is 0 Å². The summed E-state index contributed by atoms with van der Waals surface area (Å²) in [6.45, 7) is 13.6. The third kappa shape index (κ3) is 1.86. The molecule has 1 nitrogen and oxygen atoms in total. The van der Waals surface area contributed by atoms with Crippen molar-refractivity contribution in [1.82, 2.24) is 0 Å². The van der Waals surface area contributed by atoms with Crippen LogP contribution in [0.25, 0.3) is 0 Å². The van der Waals surface area contributed by atoms with Crippen molar-refractivity contribution in [2.75, 3.05) is 6.54 Å². The SMILES string of the molecule is CCC(C)(CC)C1(CC)CCCC(C)(CN)C23CCCC12CCC3. The molecule has 2 N–H and O–H groups in total. The third-order valence-corrected chi connectivity index (χ3v) is 10.5. The Kier molecular flexibility index (Phi) is 4.69. The number of hydrogen-bond donors (Lipinski definition) is 1. The van der Waals surface area contributed by atoms with Crippen LogP contribution in [0.1, 0.15) is 112 Å². The van der Waals surface area contributed by atoms with E-state index in [2.05, 4.69) is 34.6 Å². The fraction of sp³-hybridized carbons (Fsp3) is 1.00. The highest BCUT2D eigenvalue weighted by Crippen LogP contribution is 2.81. The van der Waals surface area contributed by atoms with Gasteiger partial charge in [-0.1, -0.05) is 66.7 Å². The summed E-state index contributed by atoms with van der Waals surface area (Å²) >= 11 is 0. The van der Waals surface area contributed by atoms with Crippen LogP contribution in [-0.4, -0.2) is 6.54 Å². The monoisotopic (exact) mass is 333 g/mol. The van der Waals surface area contributed by atoms with Gasteiger partial charge in [0.25, 0.3) is 0 Å². The molecular formula is C23H43N. The quantitative estimate of drug-likeness (QED) is 0.595. The van der Waals surface area contributed by atoms with Crippen molar-refractivity contribution < 1.29 is 0 Å². The van der Waals surface area contributed by atoms with Crippen molar-refractivity contribution in [3.8, 4) is 0 Å². The summed E-state index contributed by atoms with van der Waals surface area (Å²) < 4.78 is 0. The molecule has 0 amide bonds. The van der Waals surface area contributed by atoms with Gasteiger partial charge in [0.05, 0.1) is 0 Å². The van der Waals surface area contributed by atoms with Crippen LogP contribution >= 0.6 is 0 Å². The first-order valence-corrected chi connectivity index (χ1v) is 11.1. The van der Waals surface area contributed by atoms with Gasteiger partial charge in [-0.05, 0) is 78.6 Å². The molecule has 3 aliphatic carbocycles. The Bertz CT molecular complexity index is 453. The van der Waals surface area contributed by atoms with Crippen molar-refractivity contribution in [3.05, 3.63) is 0 Å². The van der Waals surface area contributed by atoms with E-state index in [4.69, 9.17) is 5.73 Å². The molecule has 1 heteroatoms. The van der Waals surface area contributed by atoms with E-state index in [1.54, 1.807) is 0 Å². The van der Waals surface area contributed by atoms with Crippen molar-refractivity contribution in [2.24, 2.45) is 32.8 Å². The summed E-state index contributed by atoms with van der Waals surface area (Å²) in [4.78, 5) is 0. The van der Waals surface area contributed by atoms with E-state index >= 15 is 0 Å². The molecule has 3 saturated carbocycles. The number of nitrogens with two attached hydrogens (primary N) is 1. The van der Waals surface area contributed by atoms with Crippen molar-refractivity contribution in [3.63, 3.8) is 0 Å². The molecule has 24 heavy (non-hydrogen) atoms. The number of rotatable bonds is 5. The third-order valence-electron chi connectivity index (χ3n) is 10.5. The molecule has 2 unspecified atom stereocenters. The topological polar surface area (TPSA) is 26.0 Å². The second-order valence-electron chi connectivity index (χ2n) is 10.2. The van der Waals surface area contributed by atoms with E-state index < -0.39 is 0 Å². The van der Waals surface area contributed by atoms with Crippen LogP contribution in [0.2, 0.25) is 0 Å². The molecule has 0 spiro atoms. The Morgan fingerprint density at radius 3 is 1.75 bits per heavy atom. The van der Waals surface area contributed by atoms with Crippen molar-refractivity contribution in [1.29, 1.82) is 0 Å². The van der Waals surface area contributed by atoms with Gasteiger partial charge >= 0.3 is 0 Å². The normalized spacial score (nSPS) is 45.8. The van der Waals surface area contributed by atoms with Crippen LogP contribution in [0.3, 0.4) is 0 Å². The molecule has 0 radical (unpaired) electrons. The van der Waals surface area contributed by atoms with E-state index in [1.165, 1.54) is 77.0 Å². The zero-order valence-corrected chi connectivity index (χ0v) is 17.3. The van der Waals surface area contributed by atoms with Crippen molar-refractivity contribution >= 4 is 0 Å². The van der Waals surface area contributed by atoms with Crippen LogP contribution in [0.15, 0.2) is 0 Å². The lowest BCUT2D eigenvalue weighted by Gasteiger charge is -2.64. The lowest BCUT2D eigenvalue weighted by molar-refractivity contribution is -0.160. The molecule has 0 saturated heterocycles. The summed E-state index contributed by atoms with van der Waals surface area (Å²) in [7, 11) is 0. The largest absolute Gasteiger partial charge is 0.330 e. The molecule has 0 aromatic carbocycles. The van der Waals surface area contributed by atoms with E-state index in [0.717, 1.165) is 6.54 Å². The maximum absolute atomic E-state index is 6.51. The molecule has 3 rings (SSSR count). The minimum atomic E-state index is 0.374. The average Bonchev–Trinajstić information content (AvgIpc) is 3.13. The van der Waals surface area contributed by atoms with E-state index in [9.17, 15) is 0 Å².